The van der Waals surface area contributed by atoms with Crippen LogP contribution in [0, 0.1) is 5.92 Å². The van der Waals surface area contributed by atoms with E-state index in [1.807, 2.05) is 24.3 Å². The van der Waals surface area contributed by atoms with Gasteiger partial charge in [0.05, 0.1) is 6.54 Å². The van der Waals surface area contributed by atoms with Crippen molar-refractivity contribution in [1.29, 1.82) is 0 Å². The highest BCUT2D eigenvalue weighted by molar-refractivity contribution is 6.09. The Kier molecular flexibility index (Phi) is 5.34. The molecule has 1 aromatic rings. The monoisotopic (exact) mass is 401 g/mol. The minimum absolute atomic E-state index is 0.236. The van der Waals surface area contributed by atoms with Crippen molar-refractivity contribution in [2.45, 2.75) is 50.7 Å². The minimum atomic E-state index is -0.826. The van der Waals surface area contributed by atoms with E-state index in [1.165, 1.54) is 0 Å². The molecule has 1 aromatic carbocycles. The Hall–Kier alpha value is -2.77. The van der Waals surface area contributed by atoms with Gasteiger partial charge in [0.15, 0.2) is 11.5 Å². The third-order valence-electron chi connectivity index (χ3n) is 6.18. The number of urea groups is 1. The standard InChI is InChI=1S/C21H27N3O5/c1-2-14-7-9-21(10-8-14)19(26)24(20(27)23-21)12-18(25)22-11-15-13-28-16-5-3-4-6-17(16)29-15/h3-6,14-15H,2,7-13H2,1H3,(H,22,25)(H,23,27). The van der Waals surface area contributed by atoms with Crippen LogP contribution in [0.5, 0.6) is 11.5 Å². The average molecular weight is 401 g/mol. The van der Waals surface area contributed by atoms with Crippen molar-refractivity contribution in [3.63, 3.8) is 0 Å². The molecule has 2 fully saturated rings. The van der Waals surface area contributed by atoms with Crippen molar-refractivity contribution in [3.05, 3.63) is 24.3 Å². The van der Waals surface area contributed by atoms with Gasteiger partial charge >= 0.3 is 6.03 Å². The second-order valence-corrected chi connectivity index (χ2v) is 8.06. The zero-order chi connectivity index (χ0) is 20.4. The van der Waals surface area contributed by atoms with Crippen molar-refractivity contribution >= 4 is 17.8 Å². The number of para-hydroxylation sites is 2. The Labute approximate surface area is 169 Å². The number of ether oxygens (including phenoxy) is 2. The number of benzene rings is 1. The van der Waals surface area contributed by atoms with E-state index in [0.717, 1.165) is 24.2 Å². The third kappa shape index (κ3) is 3.88. The van der Waals surface area contributed by atoms with Crippen LogP contribution in [0.3, 0.4) is 0 Å². The second kappa shape index (κ2) is 7.93. The van der Waals surface area contributed by atoms with E-state index in [0.29, 0.717) is 36.9 Å². The lowest BCUT2D eigenvalue weighted by Gasteiger charge is -2.34. The zero-order valence-electron chi connectivity index (χ0n) is 16.6. The van der Waals surface area contributed by atoms with Crippen molar-refractivity contribution < 1.29 is 23.9 Å². The lowest BCUT2D eigenvalue weighted by Crippen LogP contribution is -2.50. The summed E-state index contributed by atoms with van der Waals surface area (Å²) >= 11 is 0. The molecule has 1 saturated carbocycles. The van der Waals surface area contributed by atoms with Gasteiger partial charge in [-0.15, -0.1) is 0 Å². The number of carbonyl (C=O) groups is 3. The van der Waals surface area contributed by atoms with Gasteiger partial charge in [0, 0.05) is 0 Å². The number of hydrogen-bond donors (Lipinski definition) is 2. The molecule has 1 aliphatic carbocycles. The average Bonchev–Trinajstić information content (AvgIpc) is 2.96. The Balaban J connectivity index is 1.29. The molecule has 156 valence electrons. The number of nitrogens with zero attached hydrogens (tertiary/aromatic N) is 1. The number of hydrogen-bond acceptors (Lipinski definition) is 5. The van der Waals surface area contributed by atoms with E-state index in [2.05, 4.69) is 17.6 Å². The van der Waals surface area contributed by atoms with Gasteiger partial charge in [-0.1, -0.05) is 25.5 Å². The molecule has 2 aliphatic heterocycles. The van der Waals surface area contributed by atoms with Gasteiger partial charge in [0.25, 0.3) is 5.91 Å². The topological polar surface area (TPSA) is 97.0 Å². The van der Waals surface area contributed by atoms with Crippen molar-refractivity contribution in [2.75, 3.05) is 19.7 Å². The Bertz CT molecular complexity index is 803. The van der Waals surface area contributed by atoms with Crippen LogP contribution in [0.25, 0.3) is 0 Å². The first kappa shape index (κ1) is 19.5. The fourth-order valence-electron chi connectivity index (χ4n) is 4.33. The van der Waals surface area contributed by atoms with Crippen molar-refractivity contribution in [3.8, 4) is 11.5 Å². The summed E-state index contributed by atoms with van der Waals surface area (Å²) in [5, 5.41) is 5.59. The van der Waals surface area contributed by atoms with Gasteiger partial charge in [0.2, 0.25) is 5.91 Å². The molecule has 1 atom stereocenters. The fourth-order valence-corrected chi connectivity index (χ4v) is 4.33. The van der Waals surface area contributed by atoms with Gasteiger partial charge in [-0.05, 0) is 43.7 Å². The van der Waals surface area contributed by atoms with E-state index in [4.69, 9.17) is 9.47 Å². The smallest absolute Gasteiger partial charge is 0.325 e. The highest BCUT2D eigenvalue weighted by Gasteiger charge is 2.52. The largest absolute Gasteiger partial charge is 0.486 e. The summed E-state index contributed by atoms with van der Waals surface area (Å²) in [6.45, 7) is 2.42. The summed E-state index contributed by atoms with van der Waals surface area (Å²) in [5.74, 6) is 1.24. The molecule has 3 aliphatic rings. The van der Waals surface area contributed by atoms with Crippen LogP contribution >= 0.6 is 0 Å². The van der Waals surface area contributed by atoms with Gasteiger partial charge in [0.1, 0.15) is 24.8 Å². The predicted octanol–water partition coefficient (Wildman–Crippen LogP) is 1.83. The van der Waals surface area contributed by atoms with Gasteiger partial charge in [-0.25, -0.2) is 4.79 Å². The van der Waals surface area contributed by atoms with E-state index in [-0.39, 0.29) is 25.1 Å². The first-order valence-electron chi connectivity index (χ1n) is 10.3. The van der Waals surface area contributed by atoms with Crippen LogP contribution in [-0.4, -0.2) is 54.1 Å². The summed E-state index contributed by atoms with van der Waals surface area (Å²) in [6.07, 6.45) is 3.88. The van der Waals surface area contributed by atoms with Crippen LogP contribution in [0.1, 0.15) is 39.0 Å². The number of fused-ring (bicyclic) bond motifs is 1. The second-order valence-electron chi connectivity index (χ2n) is 8.06. The molecule has 0 bridgehead atoms. The molecule has 1 saturated heterocycles. The first-order valence-corrected chi connectivity index (χ1v) is 10.3. The van der Waals surface area contributed by atoms with Crippen LogP contribution in [0.2, 0.25) is 0 Å². The Morgan fingerprint density at radius 1 is 1.24 bits per heavy atom. The fraction of sp³-hybridized carbons (Fsp3) is 0.571. The maximum absolute atomic E-state index is 12.9. The highest BCUT2D eigenvalue weighted by atomic mass is 16.6. The molecule has 4 rings (SSSR count). The molecule has 2 N–H and O–H groups in total. The summed E-state index contributed by atoms with van der Waals surface area (Å²) in [5.41, 5.74) is -0.826. The molecule has 8 heteroatoms. The van der Waals surface area contributed by atoms with E-state index < -0.39 is 17.5 Å². The third-order valence-corrected chi connectivity index (χ3v) is 6.18. The summed E-state index contributed by atoms with van der Waals surface area (Å²) < 4.78 is 11.4. The molecule has 4 amide bonds. The van der Waals surface area contributed by atoms with Gasteiger partial charge in [-0.2, -0.15) is 0 Å². The number of rotatable bonds is 5. The van der Waals surface area contributed by atoms with Gasteiger partial charge in [-0.3, -0.25) is 14.5 Å². The lowest BCUT2D eigenvalue weighted by atomic mass is 9.75. The SMILES string of the molecule is CCC1CCC2(CC1)NC(=O)N(CC(=O)NCC1COc3ccccc3O1)C2=O. The predicted molar refractivity (Wildman–Crippen MR) is 105 cm³/mol. The molecule has 1 unspecified atom stereocenters. The molecule has 8 nitrogen and oxygen atoms in total. The zero-order valence-corrected chi connectivity index (χ0v) is 16.6. The van der Waals surface area contributed by atoms with E-state index in [1.54, 1.807) is 0 Å². The Morgan fingerprint density at radius 3 is 2.69 bits per heavy atom. The number of carbonyl (C=O) groups excluding carboxylic acids is 3. The summed E-state index contributed by atoms with van der Waals surface area (Å²) in [7, 11) is 0. The molecular formula is C21H27N3O5. The number of nitrogens with one attached hydrogen (secondary N) is 2. The van der Waals surface area contributed by atoms with Crippen molar-refractivity contribution in [1.82, 2.24) is 15.5 Å². The molecule has 2 heterocycles. The van der Waals surface area contributed by atoms with Crippen LogP contribution < -0.4 is 20.1 Å². The summed E-state index contributed by atoms with van der Waals surface area (Å²) in [4.78, 5) is 38.6. The van der Waals surface area contributed by atoms with Crippen molar-refractivity contribution in [2.24, 2.45) is 5.92 Å². The number of imide groups is 1. The molecule has 1 spiro atoms. The van der Waals surface area contributed by atoms with E-state index >= 15 is 0 Å². The van der Waals surface area contributed by atoms with Crippen LogP contribution in [-0.2, 0) is 9.59 Å². The highest BCUT2D eigenvalue weighted by Crippen LogP contribution is 2.37. The van der Waals surface area contributed by atoms with Crippen LogP contribution in [0.15, 0.2) is 24.3 Å². The lowest BCUT2D eigenvalue weighted by molar-refractivity contribution is -0.136. The molecule has 0 radical (unpaired) electrons. The molecular weight excluding hydrogens is 374 g/mol. The quantitative estimate of drug-likeness (QED) is 0.734. The Morgan fingerprint density at radius 2 is 1.97 bits per heavy atom. The molecule has 0 aromatic heterocycles. The van der Waals surface area contributed by atoms with E-state index in [9.17, 15) is 14.4 Å². The normalized spacial score (nSPS) is 28.4. The van der Waals surface area contributed by atoms with Gasteiger partial charge < -0.3 is 20.1 Å². The summed E-state index contributed by atoms with van der Waals surface area (Å²) in [6, 6.07) is 6.87. The van der Waals surface area contributed by atoms with Crippen LogP contribution in [0.4, 0.5) is 4.79 Å². The molecule has 29 heavy (non-hydrogen) atoms. The number of amides is 4. The maximum Gasteiger partial charge on any atom is 0.325 e. The first-order chi connectivity index (χ1) is 14.0. The minimum Gasteiger partial charge on any atom is -0.486 e. The maximum atomic E-state index is 12.9.